The van der Waals surface area contributed by atoms with Crippen LogP contribution in [-0.4, -0.2) is 73.2 Å². The standard InChI is InChI=1S/C10H17NO3.C9H15NO3.C8H13NO3.C7H11NO3/c1-4-6-7-13-9(12)10(3,5-2)14-8-11;1-4-6-12-8(11)9(3,5-2)13-7-10;1-4-8(3,12-6-9)7(10)11-5-2;1-4-7(2,11-5-8)6(9)10-3/h4-7H2,1-3H3;4-6H2,1-3H3;4-5H2,1-3H3;4H2,1-3H3/t10-;9-;8-;7-/m1111/s1. The zero-order valence-electron chi connectivity index (χ0n) is 31.8. The fourth-order valence-corrected chi connectivity index (χ4v) is 2.74. The Morgan fingerprint density at radius 3 is 1.02 bits per heavy atom. The molecule has 16 heteroatoms. The van der Waals surface area contributed by atoms with Gasteiger partial charge in [0.05, 0.1) is 26.9 Å². The second kappa shape index (κ2) is 29.0. The topological polar surface area (TPSA) is 237 Å². The van der Waals surface area contributed by atoms with Crippen LogP contribution >= 0.6 is 0 Å². The highest BCUT2D eigenvalue weighted by atomic mass is 16.6. The van der Waals surface area contributed by atoms with Crippen molar-refractivity contribution in [1.29, 1.82) is 21.0 Å². The number of rotatable bonds is 18. The number of methoxy groups -OCH3 is 1. The Morgan fingerprint density at radius 2 is 0.780 bits per heavy atom. The Hall–Kier alpha value is -4.96. The summed E-state index contributed by atoms with van der Waals surface area (Å²) in [6.45, 7) is 19.9. The number of esters is 4. The third-order valence-electron chi connectivity index (χ3n) is 7.14. The number of unbranched alkanes of at least 4 members (excludes halogenated alkanes) is 1. The maximum atomic E-state index is 11.5. The lowest BCUT2D eigenvalue weighted by Crippen LogP contribution is -2.38. The molecule has 0 unspecified atom stereocenters. The van der Waals surface area contributed by atoms with Crippen molar-refractivity contribution in [3.63, 3.8) is 0 Å². The van der Waals surface area contributed by atoms with Crippen LogP contribution in [0.4, 0.5) is 0 Å². The summed E-state index contributed by atoms with van der Waals surface area (Å²) in [6.07, 6.45) is 10.2. The van der Waals surface area contributed by atoms with Crippen molar-refractivity contribution in [1.82, 2.24) is 0 Å². The van der Waals surface area contributed by atoms with Crippen LogP contribution in [-0.2, 0) is 57.1 Å². The molecular weight excluding hydrogens is 656 g/mol. The first kappa shape index (κ1) is 51.9. The lowest BCUT2D eigenvalue weighted by molar-refractivity contribution is -0.164. The number of hydrogen-bond donors (Lipinski definition) is 0. The third kappa shape index (κ3) is 20.4. The highest BCUT2D eigenvalue weighted by molar-refractivity contribution is 5.80. The van der Waals surface area contributed by atoms with Gasteiger partial charge in [-0.2, -0.15) is 21.0 Å². The molecule has 0 fully saturated rings. The van der Waals surface area contributed by atoms with Crippen LogP contribution in [0.2, 0.25) is 0 Å². The Morgan fingerprint density at radius 1 is 0.480 bits per heavy atom. The quantitative estimate of drug-likeness (QED) is 0.0722. The molecule has 16 nitrogen and oxygen atoms in total. The first-order valence-electron chi connectivity index (χ1n) is 16.3. The zero-order chi connectivity index (χ0) is 39.9. The summed E-state index contributed by atoms with van der Waals surface area (Å²) in [7, 11) is 1.26. The second-order valence-electron chi connectivity index (χ2n) is 10.9. The zero-order valence-corrected chi connectivity index (χ0v) is 31.8. The highest BCUT2D eigenvalue weighted by Gasteiger charge is 2.37. The minimum Gasteiger partial charge on any atom is -0.466 e. The van der Waals surface area contributed by atoms with Crippen molar-refractivity contribution in [2.24, 2.45) is 0 Å². The Kier molecular flexibility index (Phi) is 30.1. The van der Waals surface area contributed by atoms with Crippen molar-refractivity contribution in [2.45, 2.75) is 144 Å². The molecule has 0 aliphatic heterocycles. The molecule has 4 atom stereocenters. The van der Waals surface area contributed by atoms with E-state index < -0.39 is 46.3 Å². The first-order chi connectivity index (χ1) is 23.4. The number of nitriles is 4. The number of carbonyl (C=O) groups is 4. The molecule has 0 bridgehead atoms. The molecule has 0 heterocycles. The summed E-state index contributed by atoms with van der Waals surface area (Å²) >= 11 is 0. The molecule has 0 aromatic heterocycles. The predicted molar refractivity (Wildman–Crippen MR) is 177 cm³/mol. The molecule has 0 aromatic rings. The van der Waals surface area contributed by atoms with Crippen LogP contribution in [0, 0.1) is 46.1 Å². The van der Waals surface area contributed by atoms with Gasteiger partial charge in [-0.15, -0.1) is 0 Å². The first-order valence-corrected chi connectivity index (χ1v) is 16.3. The van der Waals surface area contributed by atoms with Gasteiger partial charge >= 0.3 is 23.9 Å². The number of hydrogen-bond acceptors (Lipinski definition) is 16. The normalized spacial score (nSPS) is 14.1. The van der Waals surface area contributed by atoms with Crippen molar-refractivity contribution < 1.29 is 57.1 Å². The van der Waals surface area contributed by atoms with E-state index in [-0.39, 0.29) is 0 Å². The SMILES string of the molecule is CCCCOC(=O)[C@@](C)(CC)OC#N.CCCOC(=O)[C@@](C)(CC)OC#N.CCOC(=O)[C@@](C)(CC)OC#N.CC[C@@](C)(OC#N)C(=O)OC. The molecule has 0 aromatic carbocycles. The van der Waals surface area contributed by atoms with E-state index in [1.165, 1.54) is 46.0 Å². The maximum absolute atomic E-state index is 11.5. The fourth-order valence-electron chi connectivity index (χ4n) is 2.74. The molecule has 0 rings (SSSR count). The van der Waals surface area contributed by atoms with Gasteiger partial charge in [-0.25, -0.2) is 19.2 Å². The minimum absolute atomic E-state index is 0.295. The minimum atomic E-state index is -1.12. The summed E-state index contributed by atoms with van der Waals surface area (Å²) in [4.78, 5) is 45.0. The molecule has 0 saturated heterocycles. The number of carbonyl (C=O) groups excluding carboxylic acids is 4. The summed E-state index contributed by atoms with van der Waals surface area (Å²) in [5.41, 5.74) is -4.49. The van der Waals surface area contributed by atoms with Crippen LogP contribution in [0.15, 0.2) is 0 Å². The molecule has 0 amide bonds. The van der Waals surface area contributed by atoms with Gasteiger partial charge in [0.25, 0.3) is 25.0 Å². The molecule has 284 valence electrons. The average Bonchev–Trinajstić information content (AvgIpc) is 3.11. The van der Waals surface area contributed by atoms with E-state index in [9.17, 15) is 19.2 Å². The van der Waals surface area contributed by atoms with Gasteiger partial charge in [-0.3, -0.25) is 0 Å². The molecule has 0 saturated carbocycles. The van der Waals surface area contributed by atoms with Crippen LogP contribution < -0.4 is 0 Å². The third-order valence-corrected chi connectivity index (χ3v) is 7.14. The number of nitrogens with zero attached hydrogens (tertiary/aromatic N) is 4. The van der Waals surface area contributed by atoms with Crippen LogP contribution in [0.25, 0.3) is 0 Å². The van der Waals surface area contributed by atoms with E-state index >= 15 is 0 Å². The monoisotopic (exact) mass is 712 g/mol. The summed E-state index contributed by atoms with van der Waals surface area (Å²) in [5, 5.41) is 33.2. The van der Waals surface area contributed by atoms with E-state index in [0.717, 1.165) is 19.3 Å². The molecule has 50 heavy (non-hydrogen) atoms. The maximum Gasteiger partial charge on any atom is 0.351 e. The van der Waals surface area contributed by atoms with E-state index in [2.05, 4.69) is 18.9 Å². The molecule has 0 aliphatic rings. The van der Waals surface area contributed by atoms with Crippen LogP contribution in [0.3, 0.4) is 0 Å². The average molecular weight is 713 g/mol. The van der Waals surface area contributed by atoms with Crippen molar-refractivity contribution in [3.8, 4) is 25.0 Å². The fraction of sp³-hybridized carbons (Fsp3) is 0.765. The number of ether oxygens (including phenoxy) is 8. The predicted octanol–water partition coefficient (Wildman–Crippen LogP) is 5.64. The molecule has 0 radical (unpaired) electrons. The van der Waals surface area contributed by atoms with Gasteiger partial charge < -0.3 is 37.9 Å². The van der Waals surface area contributed by atoms with Gasteiger partial charge in [0, 0.05) is 0 Å². The molecule has 0 spiro atoms. The molecular formula is C34H56N4O12. The van der Waals surface area contributed by atoms with E-state index in [0.29, 0.717) is 45.5 Å². The highest BCUT2D eigenvalue weighted by Crippen LogP contribution is 2.19. The van der Waals surface area contributed by atoms with Crippen molar-refractivity contribution >= 4 is 23.9 Å². The summed E-state index contributed by atoms with van der Waals surface area (Å²) in [6, 6.07) is 0. The Balaban J connectivity index is -0.000000283. The van der Waals surface area contributed by atoms with Gasteiger partial charge in [-0.1, -0.05) is 48.0 Å². The Bertz CT molecular complexity index is 1170. The second-order valence-corrected chi connectivity index (χ2v) is 10.9. The largest absolute Gasteiger partial charge is 0.466 e. The van der Waals surface area contributed by atoms with Crippen LogP contribution in [0.5, 0.6) is 0 Å². The van der Waals surface area contributed by atoms with Crippen molar-refractivity contribution in [2.75, 3.05) is 26.9 Å². The van der Waals surface area contributed by atoms with E-state index in [1.807, 2.05) is 13.8 Å². The lowest BCUT2D eigenvalue weighted by atomic mass is 10.0. The molecule has 0 aliphatic carbocycles. The van der Waals surface area contributed by atoms with Gasteiger partial charge in [0.1, 0.15) is 0 Å². The van der Waals surface area contributed by atoms with E-state index in [4.69, 9.17) is 40.0 Å². The van der Waals surface area contributed by atoms with Crippen LogP contribution in [0.1, 0.15) is 121 Å². The van der Waals surface area contributed by atoms with Gasteiger partial charge in [0.2, 0.25) is 22.4 Å². The Labute approximate surface area is 297 Å². The van der Waals surface area contributed by atoms with E-state index in [1.54, 1.807) is 48.5 Å². The van der Waals surface area contributed by atoms with Crippen molar-refractivity contribution in [3.05, 3.63) is 0 Å². The van der Waals surface area contributed by atoms with Gasteiger partial charge in [-0.05, 0) is 73.1 Å². The molecule has 0 N–H and O–H groups in total. The van der Waals surface area contributed by atoms with Gasteiger partial charge in [0.15, 0.2) is 0 Å². The smallest absolute Gasteiger partial charge is 0.351 e. The lowest BCUT2D eigenvalue weighted by Gasteiger charge is -2.22. The summed E-state index contributed by atoms with van der Waals surface area (Å²) < 4.78 is 37.6. The summed E-state index contributed by atoms with van der Waals surface area (Å²) in [5.74, 6) is -1.95.